The van der Waals surface area contributed by atoms with Gasteiger partial charge in [0.05, 0.1) is 0 Å². The van der Waals surface area contributed by atoms with Crippen LogP contribution in [0.15, 0.2) is 0 Å². The summed E-state index contributed by atoms with van der Waals surface area (Å²) in [5.74, 6) is 1.95. The summed E-state index contributed by atoms with van der Waals surface area (Å²) in [7, 11) is 0. The second-order valence-corrected chi connectivity index (χ2v) is 4.01. The Morgan fingerprint density at radius 2 is 1.78 bits per heavy atom. The van der Waals surface area contributed by atoms with E-state index in [2.05, 4.69) is 0 Å². The molecule has 0 radical (unpaired) electrons. The SMILES string of the molecule is ClC1CCCC1C1CC1. The van der Waals surface area contributed by atoms with Crippen LogP contribution < -0.4 is 0 Å². The average Bonchev–Trinajstić information content (AvgIpc) is 2.58. The average molecular weight is 145 g/mol. The maximum atomic E-state index is 6.11. The molecule has 2 aliphatic rings. The van der Waals surface area contributed by atoms with Crippen LogP contribution in [0.4, 0.5) is 0 Å². The van der Waals surface area contributed by atoms with Gasteiger partial charge < -0.3 is 0 Å². The lowest BCUT2D eigenvalue weighted by Crippen LogP contribution is -2.08. The molecule has 2 aliphatic carbocycles. The number of halogens is 1. The molecule has 0 amide bonds. The van der Waals surface area contributed by atoms with Crippen molar-refractivity contribution in [3.8, 4) is 0 Å². The third-order valence-corrected chi connectivity index (χ3v) is 3.25. The molecule has 0 saturated heterocycles. The highest BCUT2D eigenvalue weighted by Gasteiger charge is 2.38. The monoisotopic (exact) mass is 144 g/mol. The largest absolute Gasteiger partial charge is 0.123 e. The summed E-state index contributed by atoms with van der Waals surface area (Å²) in [5.41, 5.74) is 0. The molecular formula is C8H13Cl. The lowest BCUT2D eigenvalue weighted by atomic mass is 10.0. The number of rotatable bonds is 1. The summed E-state index contributed by atoms with van der Waals surface area (Å²) in [6, 6.07) is 0. The normalized spacial score (nSPS) is 43.7. The Morgan fingerprint density at radius 3 is 2.22 bits per heavy atom. The van der Waals surface area contributed by atoms with Crippen LogP contribution in [-0.4, -0.2) is 5.38 Å². The van der Waals surface area contributed by atoms with Gasteiger partial charge >= 0.3 is 0 Å². The topological polar surface area (TPSA) is 0 Å². The van der Waals surface area contributed by atoms with Crippen molar-refractivity contribution in [2.75, 3.05) is 0 Å². The van der Waals surface area contributed by atoms with Crippen LogP contribution in [0.25, 0.3) is 0 Å². The minimum Gasteiger partial charge on any atom is -0.123 e. The molecule has 2 atom stereocenters. The van der Waals surface area contributed by atoms with Crippen molar-refractivity contribution in [1.82, 2.24) is 0 Å². The summed E-state index contributed by atoms with van der Waals surface area (Å²) in [6.45, 7) is 0. The van der Waals surface area contributed by atoms with Gasteiger partial charge in [0.2, 0.25) is 0 Å². The zero-order valence-corrected chi connectivity index (χ0v) is 6.40. The molecule has 2 rings (SSSR count). The Labute approximate surface area is 61.6 Å². The summed E-state index contributed by atoms with van der Waals surface area (Å²) in [6.07, 6.45) is 7.01. The van der Waals surface area contributed by atoms with Gasteiger partial charge in [-0.15, -0.1) is 11.6 Å². The molecule has 0 aromatic heterocycles. The first-order chi connectivity index (χ1) is 4.38. The predicted octanol–water partition coefficient (Wildman–Crippen LogP) is 2.80. The first-order valence-corrected chi connectivity index (χ1v) is 4.45. The van der Waals surface area contributed by atoms with E-state index in [-0.39, 0.29) is 0 Å². The van der Waals surface area contributed by atoms with Crippen LogP contribution in [0.1, 0.15) is 32.1 Å². The highest BCUT2D eigenvalue weighted by molar-refractivity contribution is 6.20. The quantitative estimate of drug-likeness (QED) is 0.497. The maximum absolute atomic E-state index is 6.11. The van der Waals surface area contributed by atoms with Crippen LogP contribution in [0.5, 0.6) is 0 Å². The second-order valence-electron chi connectivity index (χ2n) is 3.45. The first kappa shape index (κ1) is 6.03. The molecule has 0 aromatic carbocycles. The van der Waals surface area contributed by atoms with E-state index in [1.54, 1.807) is 0 Å². The predicted molar refractivity (Wildman–Crippen MR) is 39.7 cm³/mol. The zero-order chi connectivity index (χ0) is 6.27. The number of alkyl halides is 1. The summed E-state index contributed by atoms with van der Waals surface area (Å²) < 4.78 is 0. The van der Waals surface area contributed by atoms with E-state index in [0.29, 0.717) is 5.38 Å². The standard InChI is InChI=1S/C8H13Cl/c9-8-3-1-2-7(8)6-4-5-6/h6-8H,1-5H2. The fraction of sp³-hybridized carbons (Fsp3) is 1.00. The fourth-order valence-electron chi connectivity index (χ4n) is 2.00. The second kappa shape index (κ2) is 2.16. The molecule has 52 valence electrons. The van der Waals surface area contributed by atoms with Crippen molar-refractivity contribution in [2.24, 2.45) is 11.8 Å². The van der Waals surface area contributed by atoms with Gasteiger partial charge in [0.25, 0.3) is 0 Å². The first-order valence-electron chi connectivity index (χ1n) is 4.02. The lowest BCUT2D eigenvalue weighted by Gasteiger charge is -2.10. The molecule has 0 aromatic rings. The van der Waals surface area contributed by atoms with Gasteiger partial charge in [-0.25, -0.2) is 0 Å². The van der Waals surface area contributed by atoms with Crippen molar-refractivity contribution >= 4 is 11.6 Å². The fourth-order valence-corrected chi connectivity index (χ4v) is 2.48. The van der Waals surface area contributed by atoms with Crippen molar-refractivity contribution < 1.29 is 0 Å². The van der Waals surface area contributed by atoms with Crippen LogP contribution in [0.3, 0.4) is 0 Å². The molecule has 0 bridgehead atoms. The molecule has 0 heterocycles. The number of hydrogen-bond donors (Lipinski definition) is 0. The van der Waals surface area contributed by atoms with E-state index in [4.69, 9.17) is 11.6 Å². The van der Waals surface area contributed by atoms with Crippen molar-refractivity contribution in [2.45, 2.75) is 37.5 Å². The Morgan fingerprint density at radius 1 is 1.00 bits per heavy atom. The molecule has 0 spiro atoms. The van der Waals surface area contributed by atoms with Crippen LogP contribution >= 0.6 is 11.6 Å². The summed E-state index contributed by atoms with van der Waals surface area (Å²) >= 11 is 6.11. The Hall–Kier alpha value is 0.290. The van der Waals surface area contributed by atoms with E-state index >= 15 is 0 Å². The van der Waals surface area contributed by atoms with Gasteiger partial charge in [-0.3, -0.25) is 0 Å². The van der Waals surface area contributed by atoms with Crippen molar-refractivity contribution in [1.29, 1.82) is 0 Å². The molecule has 0 nitrogen and oxygen atoms in total. The van der Waals surface area contributed by atoms with Crippen LogP contribution in [-0.2, 0) is 0 Å². The van der Waals surface area contributed by atoms with Gasteiger partial charge in [0, 0.05) is 5.38 Å². The minimum atomic E-state index is 0.539. The summed E-state index contributed by atoms with van der Waals surface area (Å²) in [4.78, 5) is 0. The highest BCUT2D eigenvalue weighted by Crippen LogP contribution is 2.46. The Balaban J connectivity index is 1.93. The molecule has 1 heteroatoms. The van der Waals surface area contributed by atoms with E-state index < -0.39 is 0 Å². The molecule has 2 unspecified atom stereocenters. The van der Waals surface area contributed by atoms with E-state index in [1.165, 1.54) is 32.1 Å². The molecule has 2 saturated carbocycles. The van der Waals surface area contributed by atoms with E-state index in [9.17, 15) is 0 Å². The molecule has 9 heavy (non-hydrogen) atoms. The van der Waals surface area contributed by atoms with Gasteiger partial charge in [-0.2, -0.15) is 0 Å². The van der Waals surface area contributed by atoms with Crippen LogP contribution in [0, 0.1) is 11.8 Å². The molecule has 0 aliphatic heterocycles. The van der Waals surface area contributed by atoms with E-state index in [0.717, 1.165) is 11.8 Å². The number of hydrogen-bond acceptors (Lipinski definition) is 0. The van der Waals surface area contributed by atoms with Crippen LogP contribution in [0.2, 0.25) is 0 Å². The molecule has 2 fully saturated rings. The smallest absolute Gasteiger partial charge is 0.0366 e. The van der Waals surface area contributed by atoms with E-state index in [1.807, 2.05) is 0 Å². The van der Waals surface area contributed by atoms with Crippen molar-refractivity contribution in [3.63, 3.8) is 0 Å². The lowest BCUT2D eigenvalue weighted by molar-refractivity contribution is 0.485. The zero-order valence-electron chi connectivity index (χ0n) is 5.65. The maximum Gasteiger partial charge on any atom is 0.0366 e. The van der Waals surface area contributed by atoms with Gasteiger partial charge in [-0.05, 0) is 37.5 Å². The Bertz CT molecular complexity index is 107. The third-order valence-electron chi connectivity index (χ3n) is 2.71. The van der Waals surface area contributed by atoms with Gasteiger partial charge in [-0.1, -0.05) is 6.42 Å². The molecule has 0 N–H and O–H groups in total. The third kappa shape index (κ3) is 1.10. The van der Waals surface area contributed by atoms with Crippen molar-refractivity contribution in [3.05, 3.63) is 0 Å². The van der Waals surface area contributed by atoms with Gasteiger partial charge in [0.1, 0.15) is 0 Å². The Kier molecular flexibility index (Phi) is 1.45. The highest BCUT2D eigenvalue weighted by atomic mass is 35.5. The molecular weight excluding hydrogens is 132 g/mol. The summed E-state index contributed by atoms with van der Waals surface area (Å²) in [5, 5.41) is 0.539. The van der Waals surface area contributed by atoms with Gasteiger partial charge in [0.15, 0.2) is 0 Å². The minimum absolute atomic E-state index is 0.539.